The third-order valence-corrected chi connectivity index (χ3v) is 4.60. The molecule has 1 heterocycles. The van der Waals surface area contributed by atoms with E-state index < -0.39 is 4.92 Å². The van der Waals surface area contributed by atoms with Crippen molar-refractivity contribution < 1.29 is 4.92 Å². The summed E-state index contributed by atoms with van der Waals surface area (Å²) in [5, 5.41) is 23.7. The molecule has 1 aromatic heterocycles. The average Bonchev–Trinajstić information content (AvgIpc) is 2.83. The zero-order valence-corrected chi connectivity index (χ0v) is 16.6. The van der Waals surface area contributed by atoms with Crippen LogP contribution in [0.4, 0.5) is 11.6 Å². The summed E-state index contributed by atoms with van der Waals surface area (Å²) in [6.07, 6.45) is 0. The molecule has 0 bridgehead atoms. The number of aromatic nitrogens is 3. The highest BCUT2D eigenvalue weighted by Crippen LogP contribution is 2.28. The number of nitro groups is 1. The van der Waals surface area contributed by atoms with Crippen LogP contribution < -0.4 is 5.43 Å². The summed E-state index contributed by atoms with van der Waals surface area (Å²) in [5.41, 5.74) is 7.43. The van der Waals surface area contributed by atoms with Crippen LogP contribution in [0, 0.1) is 10.1 Å². The fourth-order valence-electron chi connectivity index (χ4n) is 2.98. The van der Waals surface area contributed by atoms with Gasteiger partial charge in [-0.1, -0.05) is 60.7 Å². The second kappa shape index (κ2) is 8.91. The average molecular weight is 410 g/mol. The van der Waals surface area contributed by atoms with E-state index in [1.807, 2.05) is 60.7 Å². The number of hydrazone groups is 1. The van der Waals surface area contributed by atoms with Crippen molar-refractivity contribution in [1.82, 2.24) is 15.2 Å². The minimum atomic E-state index is -0.437. The van der Waals surface area contributed by atoms with E-state index in [0.717, 1.165) is 16.7 Å². The fraction of sp³-hybridized carbons (Fsp3) is 0.0435. The number of benzene rings is 3. The van der Waals surface area contributed by atoms with E-state index in [9.17, 15) is 10.1 Å². The molecule has 0 fully saturated rings. The van der Waals surface area contributed by atoms with Crippen LogP contribution in [0.1, 0.15) is 12.5 Å². The molecule has 8 heteroatoms. The maximum atomic E-state index is 10.8. The topological polar surface area (TPSA) is 106 Å². The van der Waals surface area contributed by atoms with E-state index in [0.29, 0.717) is 17.1 Å². The predicted molar refractivity (Wildman–Crippen MR) is 120 cm³/mol. The van der Waals surface area contributed by atoms with Gasteiger partial charge in [0.2, 0.25) is 0 Å². The fourth-order valence-corrected chi connectivity index (χ4v) is 2.98. The third-order valence-electron chi connectivity index (χ3n) is 4.60. The quantitative estimate of drug-likeness (QED) is 0.274. The Kier molecular flexibility index (Phi) is 5.70. The molecule has 31 heavy (non-hydrogen) atoms. The molecule has 152 valence electrons. The normalized spacial score (nSPS) is 11.2. The molecule has 0 saturated carbocycles. The Morgan fingerprint density at radius 2 is 1.42 bits per heavy atom. The van der Waals surface area contributed by atoms with Crippen LogP contribution in [0.2, 0.25) is 0 Å². The summed E-state index contributed by atoms with van der Waals surface area (Å²) in [4.78, 5) is 15.0. The molecule has 1 N–H and O–H groups in total. The van der Waals surface area contributed by atoms with Gasteiger partial charge in [0.05, 0.1) is 10.6 Å². The molecular weight excluding hydrogens is 392 g/mol. The number of nitro benzene ring substituents is 1. The van der Waals surface area contributed by atoms with Gasteiger partial charge in [0, 0.05) is 23.3 Å². The molecular formula is C23H18N6O2. The summed E-state index contributed by atoms with van der Waals surface area (Å²) >= 11 is 0. The van der Waals surface area contributed by atoms with Crippen molar-refractivity contribution in [3.05, 3.63) is 101 Å². The monoisotopic (exact) mass is 410 g/mol. The third kappa shape index (κ3) is 4.59. The molecule has 0 spiro atoms. The van der Waals surface area contributed by atoms with Crippen LogP contribution in [0.5, 0.6) is 0 Å². The van der Waals surface area contributed by atoms with E-state index in [-0.39, 0.29) is 11.6 Å². The molecule has 3 aromatic carbocycles. The molecule has 0 radical (unpaired) electrons. The number of non-ortho nitro benzene ring substituents is 1. The van der Waals surface area contributed by atoms with Gasteiger partial charge in [0.15, 0.2) is 0 Å². The zero-order valence-electron chi connectivity index (χ0n) is 16.6. The maximum Gasteiger partial charge on any atom is 0.269 e. The second-order valence-electron chi connectivity index (χ2n) is 6.68. The second-order valence-corrected chi connectivity index (χ2v) is 6.68. The van der Waals surface area contributed by atoms with Crippen molar-refractivity contribution in [3.63, 3.8) is 0 Å². The highest BCUT2D eigenvalue weighted by atomic mass is 16.6. The Morgan fingerprint density at radius 1 is 0.839 bits per heavy atom. The van der Waals surface area contributed by atoms with Crippen LogP contribution >= 0.6 is 0 Å². The van der Waals surface area contributed by atoms with Gasteiger partial charge in [-0.25, -0.2) is 10.4 Å². The molecule has 0 saturated heterocycles. The van der Waals surface area contributed by atoms with Gasteiger partial charge in [-0.2, -0.15) is 5.10 Å². The van der Waals surface area contributed by atoms with E-state index in [1.54, 1.807) is 19.1 Å². The maximum absolute atomic E-state index is 10.8. The Balaban J connectivity index is 1.65. The highest BCUT2D eigenvalue weighted by molar-refractivity contribution is 5.99. The van der Waals surface area contributed by atoms with Gasteiger partial charge >= 0.3 is 0 Å². The van der Waals surface area contributed by atoms with Gasteiger partial charge in [0.1, 0.15) is 11.4 Å². The number of hydrogen-bond donors (Lipinski definition) is 1. The molecule has 4 rings (SSSR count). The van der Waals surface area contributed by atoms with Crippen LogP contribution in [-0.2, 0) is 0 Å². The first-order valence-electron chi connectivity index (χ1n) is 9.52. The van der Waals surface area contributed by atoms with Crippen LogP contribution in [0.3, 0.4) is 0 Å². The number of nitrogens with zero attached hydrogens (tertiary/aromatic N) is 5. The van der Waals surface area contributed by atoms with E-state index in [2.05, 4.69) is 25.7 Å². The summed E-state index contributed by atoms with van der Waals surface area (Å²) in [5.74, 6) is 0.250. The standard InChI is InChI=1S/C23H18N6O2/c1-16(17-12-14-20(15-13-17)29(30)31)25-27-23-24-21(18-8-4-2-5-9-18)22(26-28-23)19-10-6-3-7-11-19/h2-15H,1H3,(H,24,27,28)/b25-16+. The molecule has 4 aromatic rings. The van der Waals surface area contributed by atoms with Gasteiger partial charge < -0.3 is 0 Å². The van der Waals surface area contributed by atoms with E-state index >= 15 is 0 Å². The van der Waals surface area contributed by atoms with Crippen LogP contribution in [-0.4, -0.2) is 25.8 Å². The van der Waals surface area contributed by atoms with Gasteiger partial charge in [-0.05, 0) is 24.6 Å². The highest BCUT2D eigenvalue weighted by Gasteiger charge is 2.13. The van der Waals surface area contributed by atoms with Gasteiger partial charge in [-0.15, -0.1) is 10.2 Å². The number of rotatable bonds is 6. The predicted octanol–water partition coefficient (Wildman–Crippen LogP) is 4.95. The summed E-state index contributed by atoms with van der Waals surface area (Å²) in [7, 11) is 0. The summed E-state index contributed by atoms with van der Waals surface area (Å²) in [6, 6.07) is 25.7. The van der Waals surface area contributed by atoms with Crippen molar-refractivity contribution in [2.45, 2.75) is 6.92 Å². The molecule has 0 aliphatic rings. The Labute approximate surface area is 178 Å². The van der Waals surface area contributed by atoms with Crippen molar-refractivity contribution in [2.24, 2.45) is 5.10 Å². The van der Waals surface area contributed by atoms with E-state index in [1.165, 1.54) is 12.1 Å². The molecule has 0 amide bonds. The van der Waals surface area contributed by atoms with Gasteiger partial charge in [-0.3, -0.25) is 10.1 Å². The lowest BCUT2D eigenvalue weighted by atomic mass is 10.0. The smallest absolute Gasteiger partial charge is 0.258 e. The lowest BCUT2D eigenvalue weighted by molar-refractivity contribution is -0.384. The Hall–Kier alpha value is -4.46. The number of nitrogens with one attached hydrogen (secondary N) is 1. The first-order valence-corrected chi connectivity index (χ1v) is 9.52. The number of anilines is 1. The lowest BCUT2D eigenvalue weighted by Crippen LogP contribution is -2.05. The minimum absolute atomic E-state index is 0.0287. The van der Waals surface area contributed by atoms with E-state index in [4.69, 9.17) is 0 Å². The molecule has 0 unspecified atom stereocenters. The Morgan fingerprint density at radius 3 is 2.00 bits per heavy atom. The minimum Gasteiger partial charge on any atom is -0.258 e. The first-order chi connectivity index (χ1) is 15.1. The largest absolute Gasteiger partial charge is 0.269 e. The van der Waals surface area contributed by atoms with Crippen molar-refractivity contribution in [2.75, 3.05) is 5.43 Å². The molecule has 0 aliphatic heterocycles. The number of hydrogen-bond acceptors (Lipinski definition) is 7. The molecule has 0 atom stereocenters. The SMILES string of the molecule is C/C(=N\Nc1nnc(-c2ccccc2)c(-c2ccccc2)n1)c1ccc([N+](=O)[O-])cc1. The lowest BCUT2D eigenvalue weighted by Gasteiger charge is -2.09. The van der Waals surface area contributed by atoms with Crippen molar-refractivity contribution >= 4 is 17.3 Å². The molecule has 0 aliphatic carbocycles. The van der Waals surface area contributed by atoms with Crippen LogP contribution in [0.15, 0.2) is 90.0 Å². The van der Waals surface area contributed by atoms with Gasteiger partial charge in [0.25, 0.3) is 11.6 Å². The zero-order chi connectivity index (χ0) is 21.6. The van der Waals surface area contributed by atoms with Crippen LogP contribution in [0.25, 0.3) is 22.5 Å². The van der Waals surface area contributed by atoms with Crippen molar-refractivity contribution in [1.29, 1.82) is 0 Å². The summed E-state index contributed by atoms with van der Waals surface area (Å²) < 4.78 is 0. The van der Waals surface area contributed by atoms with Crippen molar-refractivity contribution in [3.8, 4) is 22.5 Å². The summed E-state index contributed by atoms with van der Waals surface area (Å²) in [6.45, 7) is 1.79. The first kappa shape index (κ1) is 19.8. The molecule has 8 nitrogen and oxygen atoms in total. The Bertz CT molecular complexity index is 1230.